The molecule has 0 radical (unpaired) electrons. The SMILES string of the molecule is N#Cc1cc(F)ccc1N1CCN(C=O)CC1. The molecule has 1 aromatic carbocycles. The number of benzene rings is 1. The average molecular weight is 233 g/mol. The van der Waals surface area contributed by atoms with Crippen LogP contribution in [-0.4, -0.2) is 37.5 Å². The van der Waals surface area contributed by atoms with Crippen molar-refractivity contribution in [2.24, 2.45) is 0 Å². The molecular formula is C12H12FN3O. The summed E-state index contributed by atoms with van der Waals surface area (Å²) in [4.78, 5) is 14.3. The minimum Gasteiger partial charge on any atom is -0.367 e. The Kier molecular flexibility index (Phi) is 3.24. The van der Waals surface area contributed by atoms with E-state index in [9.17, 15) is 9.18 Å². The monoisotopic (exact) mass is 233 g/mol. The first kappa shape index (κ1) is 11.4. The molecule has 1 heterocycles. The van der Waals surface area contributed by atoms with Crippen LogP contribution in [-0.2, 0) is 4.79 Å². The van der Waals surface area contributed by atoms with Gasteiger partial charge in [-0.1, -0.05) is 0 Å². The second-order valence-corrected chi connectivity index (χ2v) is 3.90. The Morgan fingerprint density at radius 1 is 1.29 bits per heavy atom. The number of rotatable bonds is 2. The van der Waals surface area contributed by atoms with E-state index in [1.54, 1.807) is 11.0 Å². The Morgan fingerprint density at radius 3 is 2.59 bits per heavy atom. The smallest absolute Gasteiger partial charge is 0.209 e. The highest BCUT2D eigenvalue weighted by Gasteiger charge is 2.18. The first-order chi connectivity index (χ1) is 8.24. The quantitative estimate of drug-likeness (QED) is 0.715. The molecule has 0 atom stereocenters. The van der Waals surface area contributed by atoms with Gasteiger partial charge in [0.25, 0.3) is 0 Å². The predicted octanol–water partition coefficient (Wildman–Crippen LogP) is 0.976. The largest absolute Gasteiger partial charge is 0.367 e. The molecule has 1 fully saturated rings. The second-order valence-electron chi connectivity index (χ2n) is 3.90. The molecule has 17 heavy (non-hydrogen) atoms. The molecule has 0 unspecified atom stereocenters. The lowest BCUT2D eigenvalue weighted by Crippen LogP contribution is -2.45. The van der Waals surface area contributed by atoms with Crippen molar-refractivity contribution in [3.8, 4) is 6.07 Å². The van der Waals surface area contributed by atoms with Crippen molar-refractivity contribution in [3.63, 3.8) is 0 Å². The maximum atomic E-state index is 13.0. The summed E-state index contributed by atoms with van der Waals surface area (Å²) in [6.45, 7) is 2.59. The highest BCUT2D eigenvalue weighted by atomic mass is 19.1. The number of nitrogens with zero attached hydrogens (tertiary/aromatic N) is 3. The molecule has 0 saturated carbocycles. The van der Waals surface area contributed by atoms with Crippen LogP contribution in [0, 0.1) is 17.1 Å². The number of piperazine rings is 1. The topological polar surface area (TPSA) is 47.3 Å². The van der Waals surface area contributed by atoms with Gasteiger partial charge in [0.1, 0.15) is 11.9 Å². The molecule has 0 spiro atoms. The summed E-state index contributed by atoms with van der Waals surface area (Å²) in [5.74, 6) is -0.406. The third-order valence-electron chi connectivity index (χ3n) is 2.88. The lowest BCUT2D eigenvalue weighted by Gasteiger charge is -2.34. The number of carbonyl (C=O) groups is 1. The number of nitriles is 1. The van der Waals surface area contributed by atoms with E-state index in [2.05, 4.69) is 0 Å². The third kappa shape index (κ3) is 2.36. The third-order valence-corrected chi connectivity index (χ3v) is 2.88. The first-order valence-corrected chi connectivity index (χ1v) is 5.38. The van der Waals surface area contributed by atoms with E-state index >= 15 is 0 Å². The zero-order valence-electron chi connectivity index (χ0n) is 9.27. The van der Waals surface area contributed by atoms with E-state index in [0.29, 0.717) is 31.7 Å². The van der Waals surface area contributed by atoms with Crippen molar-refractivity contribution in [1.29, 1.82) is 5.26 Å². The molecular weight excluding hydrogens is 221 g/mol. The Bertz CT molecular complexity index is 461. The minimum atomic E-state index is -0.406. The lowest BCUT2D eigenvalue weighted by molar-refractivity contribution is -0.118. The maximum absolute atomic E-state index is 13.0. The van der Waals surface area contributed by atoms with Crippen molar-refractivity contribution < 1.29 is 9.18 Å². The Hall–Kier alpha value is -2.09. The number of hydrogen-bond donors (Lipinski definition) is 0. The molecule has 1 aliphatic heterocycles. The van der Waals surface area contributed by atoms with Crippen LogP contribution >= 0.6 is 0 Å². The van der Waals surface area contributed by atoms with E-state index in [1.807, 2.05) is 11.0 Å². The van der Waals surface area contributed by atoms with E-state index in [0.717, 1.165) is 12.1 Å². The Morgan fingerprint density at radius 2 is 2.00 bits per heavy atom. The van der Waals surface area contributed by atoms with Gasteiger partial charge in [-0.2, -0.15) is 5.26 Å². The molecule has 1 aliphatic rings. The highest BCUT2D eigenvalue weighted by Crippen LogP contribution is 2.22. The van der Waals surface area contributed by atoms with E-state index in [1.165, 1.54) is 12.1 Å². The zero-order valence-corrected chi connectivity index (χ0v) is 9.27. The van der Waals surface area contributed by atoms with E-state index in [-0.39, 0.29) is 0 Å². The number of hydrogen-bond acceptors (Lipinski definition) is 3. The fraction of sp³-hybridized carbons (Fsp3) is 0.333. The van der Waals surface area contributed by atoms with Crippen LogP contribution in [0.15, 0.2) is 18.2 Å². The molecule has 88 valence electrons. The normalized spacial score (nSPS) is 15.5. The van der Waals surface area contributed by atoms with Crippen LogP contribution in [0.3, 0.4) is 0 Å². The van der Waals surface area contributed by atoms with Gasteiger partial charge in [0.05, 0.1) is 11.3 Å². The summed E-state index contributed by atoms with van der Waals surface area (Å²) in [6, 6.07) is 6.20. The van der Waals surface area contributed by atoms with Gasteiger partial charge < -0.3 is 9.80 Å². The van der Waals surface area contributed by atoms with Crippen molar-refractivity contribution >= 4 is 12.1 Å². The number of anilines is 1. The molecule has 0 aliphatic carbocycles. The van der Waals surface area contributed by atoms with Crippen LogP contribution in [0.4, 0.5) is 10.1 Å². The van der Waals surface area contributed by atoms with Crippen LogP contribution < -0.4 is 4.90 Å². The molecule has 1 amide bonds. The number of carbonyl (C=O) groups excluding carboxylic acids is 1. The summed E-state index contributed by atoms with van der Waals surface area (Å²) in [5, 5.41) is 8.96. The molecule has 0 N–H and O–H groups in total. The number of halogens is 1. The van der Waals surface area contributed by atoms with Crippen molar-refractivity contribution in [2.45, 2.75) is 0 Å². The molecule has 4 nitrogen and oxygen atoms in total. The van der Waals surface area contributed by atoms with Crippen molar-refractivity contribution in [2.75, 3.05) is 31.1 Å². The van der Waals surface area contributed by atoms with Gasteiger partial charge in [-0.3, -0.25) is 4.79 Å². The first-order valence-electron chi connectivity index (χ1n) is 5.38. The molecule has 2 rings (SSSR count). The minimum absolute atomic E-state index is 0.338. The molecule has 1 aromatic rings. The van der Waals surface area contributed by atoms with Crippen LogP contribution in [0.2, 0.25) is 0 Å². The van der Waals surface area contributed by atoms with Crippen LogP contribution in [0.5, 0.6) is 0 Å². The van der Waals surface area contributed by atoms with Gasteiger partial charge in [0, 0.05) is 26.2 Å². The van der Waals surface area contributed by atoms with E-state index < -0.39 is 5.82 Å². The van der Waals surface area contributed by atoms with Gasteiger partial charge in [-0.05, 0) is 18.2 Å². The van der Waals surface area contributed by atoms with Gasteiger partial charge in [0.15, 0.2) is 0 Å². The summed E-state index contributed by atoms with van der Waals surface area (Å²) in [6.07, 6.45) is 0.827. The fourth-order valence-electron chi connectivity index (χ4n) is 1.94. The van der Waals surface area contributed by atoms with Crippen LogP contribution in [0.1, 0.15) is 5.56 Å². The fourth-order valence-corrected chi connectivity index (χ4v) is 1.94. The Balaban J connectivity index is 2.19. The predicted molar refractivity (Wildman–Crippen MR) is 61.0 cm³/mol. The standard InChI is InChI=1S/C12H12FN3O/c13-11-1-2-12(10(7-11)8-14)16-5-3-15(9-17)4-6-16/h1-2,7,9H,3-6H2. The summed E-state index contributed by atoms with van der Waals surface area (Å²) in [5.41, 5.74) is 1.07. The molecule has 0 aromatic heterocycles. The second kappa shape index (κ2) is 4.83. The summed E-state index contributed by atoms with van der Waals surface area (Å²) < 4.78 is 13.0. The number of amides is 1. The average Bonchev–Trinajstić information content (AvgIpc) is 2.39. The Labute approximate surface area is 98.9 Å². The van der Waals surface area contributed by atoms with Gasteiger partial charge in [0.2, 0.25) is 6.41 Å². The van der Waals surface area contributed by atoms with Crippen molar-refractivity contribution in [3.05, 3.63) is 29.6 Å². The van der Waals surface area contributed by atoms with Crippen LogP contribution in [0.25, 0.3) is 0 Å². The zero-order chi connectivity index (χ0) is 12.3. The lowest BCUT2D eigenvalue weighted by atomic mass is 10.1. The van der Waals surface area contributed by atoms with Gasteiger partial charge in [-0.15, -0.1) is 0 Å². The summed E-state index contributed by atoms with van der Waals surface area (Å²) >= 11 is 0. The van der Waals surface area contributed by atoms with Gasteiger partial charge >= 0.3 is 0 Å². The molecule has 5 heteroatoms. The maximum Gasteiger partial charge on any atom is 0.209 e. The van der Waals surface area contributed by atoms with Crippen molar-refractivity contribution in [1.82, 2.24) is 4.90 Å². The molecule has 0 bridgehead atoms. The van der Waals surface area contributed by atoms with Gasteiger partial charge in [-0.25, -0.2) is 4.39 Å². The summed E-state index contributed by atoms with van der Waals surface area (Å²) in [7, 11) is 0. The van der Waals surface area contributed by atoms with E-state index in [4.69, 9.17) is 5.26 Å². The highest BCUT2D eigenvalue weighted by molar-refractivity contribution is 5.60. The molecule has 1 saturated heterocycles.